The maximum absolute atomic E-state index is 13.6. The van der Waals surface area contributed by atoms with Gasteiger partial charge in [-0.1, -0.05) is 0 Å². The van der Waals surface area contributed by atoms with Crippen molar-refractivity contribution in [3.63, 3.8) is 0 Å². The molecule has 38 heavy (non-hydrogen) atoms. The summed E-state index contributed by atoms with van der Waals surface area (Å²) in [4.78, 5) is 4.34. The number of pyridine rings is 1. The Kier molecular flexibility index (Phi) is 5.45. The Bertz CT molecular complexity index is 1580. The monoisotopic (exact) mass is 524 g/mol. The average molecular weight is 524 g/mol. The summed E-state index contributed by atoms with van der Waals surface area (Å²) >= 11 is 0. The molecule has 3 aromatic rings. The summed E-state index contributed by atoms with van der Waals surface area (Å²) in [6.07, 6.45) is -4.43. The molecule has 0 saturated carbocycles. The van der Waals surface area contributed by atoms with Gasteiger partial charge in [0.15, 0.2) is 0 Å². The highest BCUT2D eigenvalue weighted by Crippen LogP contribution is 2.66. The maximum Gasteiger partial charge on any atom is 0.417 e. The van der Waals surface area contributed by atoms with E-state index in [2.05, 4.69) is 11.1 Å². The number of hydrogen-bond donors (Lipinski definition) is 2. The van der Waals surface area contributed by atoms with Gasteiger partial charge in [0.2, 0.25) is 17.6 Å². The van der Waals surface area contributed by atoms with E-state index >= 15 is 0 Å². The molecule has 0 amide bonds. The number of aromatic nitrogens is 2. The van der Waals surface area contributed by atoms with E-state index in [1.165, 1.54) is 12.1 Å². The SMILES string of the molecule is Cc1cc(C)c(C#N)c(OC[C@@H]2C[C@@]3(C)O[C@]2(C)c2c3c(O)n(-c3ccc(C#N)c(C(F)(F)F)c3)c2O)n1. The molecule has 1 fully saturated rings. The van der Waals surface area contributed by atoms with E-state index in [-0.39, 0.29) is 35.2 Å². The number of nitrogens with zero attached hydrogens (tertiary/aromatic N) is 4. The highest BCUT2D eigenvalue weighted by molar-refractivity contribution is 5.62. The summed E-state index contributed by atoms with van der Waals surface area (Å²) in [5.41, 5.74) is -1.86. The molecule has 0 unspecified atom stereocenters. The lowest BCUT2D eigenvalue weighted by Gasteiger charge is -2.29. The lowest BCUT2D eigenvalue weighted by Crippen LogP contribution is -2.33. The summed E-state index contributed by atoms with van der Waals surface area (Å²) in [5.74, 6) is -1.07. The summed E-state index contributed by atoms with van der Waals surface area (Å²) in [6, 6.07) is 8.34. The minimum Gasteiger partial charge on any atom is -0.494 e. The van der Waals surface area contributed by atoms with Crippen LogP contribution in [0.1, 0.15) is 59.3 Å². The molecule has 3 atom stereocenters. The molecule has 8 nitrogen and oxygen atoms in total. The number of halogens is 3. The Balaban J connectivity index is 1.56. The molecule has 4 heterocycles. The zero-order valence-electron chi connectivity index (χ0n) is 20.9. The van der Waals surface area contributed by atoms with Crippen LogP contribution < -0.4 is 4.74 Å². The van der Waals surface area contributed by atoms with E-state index in [1.807, 2.05) is 0 Å². The molecule has 0 aliphatic carbocycles. The Morgan fingerprint density at radius 3 is 2.45 bits per heavy atom. The molecule has 2 aliphatic heterocycles. The van der Waals surface area contributed by atoms with Gasteiger partial charge < -0.3 is 19.7 Å². The third kappa shape index (κ3) is 3.50. The van der Waals surface area contributed by atoms with Crippen molar-refractivity contribution in [2.24, 2.45) is 5.92 Å². The molecule has 196 valence electrons. The van der Waals surface area contributed by atoms with Crippen LogP contribution >= 0.6 is 0 Å². The molecule has 2 aliphatic rings. The van der Waals surface area contributed by atoms with Crippen LogP contribution in [0.25, 0.3) is 5.69 Å². The van der Waals surface area contributed by atoms with Gasteiger partial charge in [-0.05, 0) is 63.9 Å². The first-order chi connectivity index (χ1) is 17.7. The number of benzene rings is 1. The van der Waals surface area contributed by atoms with Crippen molar-refractivity contribution in [3.05, 3.63) is 63.3 Å². The second kappa shape index (κ2) is 8.14. The van der Waals surface area contributed by atoms with Crippen LogP contribution in [0.5, 0.6) is 17.6 Å². The number of ether oxygens (including phenoxy) is 2. The molecule has 0 spiro atoms. The summed E-state index contributed by atoms with van der Waals surface area (Å²) in [7, 11) is 0. The molecule has 0 radical (unpaired) electrons. The van der Waals surface area contributed by atoms with Crippen molar-refractivity contribution in [2.45, 2.75) is 51.5 Å². The van der Waals surface area contributed by atoms with Gasteiger partial charge in [-0.15, -0.1) is 0 Å². The minimum absolute atomic E-state index is 0.0799. The quantitative estimate of drug-likeness (QED) is 0.479. The molecule has 11 heteroatoms. The fraction of sp³-hybridized carbons (Fsp3) is 0.370. The van der Waals surface area contributed by atoms with Crippen molar-refractivity contribution < 1.29 is 32.9 Å². The van der Waals surface area contributed by atoms with Gasteiger partial charge in [-0.3, -0.25) is 4.57 Å². The number of aryl methyl sites for hydroxylation is 2. The zero-order valence-corrected chi connectivity index (χ0v) is 20.9. The van der Waals surface area contributed by atoms with E-state index in [1.54, 1.807) is 33.8 Å². The van der Waals surface area contributed by atoms with Crippen LogP contribution in [0, 0.1) is 42.4 Å². The fourth-order valence-corrected chi connectivity index (χ4v) is 5.87. The number of aromatic hydroxyl groups is 2. The van der Waals surface area contributed by atoms with E-state index in [4.69, 9.17) is 14.7 Å². The number of alkyl halides is 3. The van der Waals surface area contributed by atoms with E-state index < -0.39 is 40.3 Å². The third-order valence-corrected chi connectivity index (χ3v) is 7.53. The van der Waals surface area contributed by atoms with Gasteiger partial charge in [0.05, 0.1) is 46.2 Å². The van der Waals surface area contributed by atoms with Crippen LogP contribution in [0.2, 0.25) is 0 Å². The van der Waals surface area contributed by atoms with E-state index in [0.29, 0.717) is 17.7 Å². The largest absolute Gasteiger partial charge is 0.494 e. The Hall–Kier alpha value is -4.22. The number of nitriles is 2. The minimum atomic E-state index is -4.81. The zero-order chi connectivity index (χ0) is 27.8. The van der Waals surface area contributed by atoms with Crippen LogP contribution in [0.4, 0.5) is 13.2 Å². The van der Waals surface area contributed by atoms with Crippen LogP contribution in [-0.2, 0) is 22.1 Å². The topological polar surface area (TPSA) is 124 Å². The second-order valence-corrected chi connectivity index (χ2v) is 10.1. The van der Waals surface area contributed by atoms with Gasteiger partial charge in [0.25, 0.3) is 0 Å². The van der Waals surface area contributed by atoms with Gasteiger partial charge in [-0.25, -0.2) is 4.98 Å². The molecule has 2 bridgehead atoms. The first kappa shape index (κ1) is 25.4. The Labute approximate surface area is 216 Å². The van der Waals surface area contributed by atoms with Crippen LogP contribution in [0.3, 0.4) is 0 Å². The lowest BCUT2D eigenvalue weighted by atomic mass is 9.73. The fourth-order valence-electron chi connectivity index (χ4n) is 5.87. The molecular formula is C27H23F3N4O4. The van der Waals surface area contributed by atoms with Crippen LogP contribution in [-0.4, -0.2) is 26.4 Å². The Morgan fingerprint density at radius 2 is 1.82 bits per heavy atom. The number of rotatable bonds is 4. The van der Waals surface area contributed by atoms with Crippen molar-refractivity contribution in [1.29, 1.82) is 10.5 Å². The third-order valence-electron chi connectivity index (χ3n) is 7.53. The first-order valence-corrected chi connectivity index (χ1v) is 11.8. The smallest absolute Gasteiger partial charge is 0.417 e. The highest BCUT2D eigenvalue weighted by Gasteiger charge is 2.64. The van der Waals surface area contributed by atoms with Gasteiger partial charge in [0.1, 0.15) is 17.2 Å². The number of hydrogen-bond acceptors (Lipinski definition) is 7. The number of fused-ring (bicyclic) bond motifs is 5. The average Bonchev–Trinajstić information content (AvgIpc) is 3.36. The second-order valence-electron chi connectivity index (χ2n) is 10.1. The standard InChI is InChI=1S/C27H23F3N4O4/c1-13-7-14(2)33-22(18(13)11-32)37-12-16-9-25(3)20-21(26(16,4)38-25)24(36)34(23(20)35)17-6-5-15(10-31)19(8-17)27(28,29)30/h5-8,16,35-36H,9,12H2,1-4H3/t16-,25+,26-/m0/s1. The van der Waals surface area contributed by atoms with Gasteiger partial charge in [-0.2, -0.15) is 23.7 Å². The maximum atomic E-state index is 13.6. The highest BCUT2D eigenvalue weighted by atomic mass is 19.4. The predicted molar refractivity (Wildman–Crippen MR) is 127 cm³/mol. The van der Waals surface area contributed by atoms with Crippen LogP contribution in [0.15, 0.2) is 24.3 Å². The summed E-state index contributed by atoms with van der Waals surface area (Å²) < 4.78 is 54.0. The first-order valence-electron chi connectivity index (χ1n) is 11.8. The van der Waals surface area contributed by atoms with Crippen molar-refractivity contribution in [3.8, 4) is 35.5 Å². The van der Waals surface area contributed by atoms with Gasteiger partial charge in [0, 0.05) is 11.6 Å². The molecule has 1 aromatic carbocycles. The summed E-state index contributed by atoms with van der Waals surface area (Å²) in [6.45, 7) is 7.11. The lowest BCUT2D eigenvalue weighted by molar-refractivity contribution is -0.137. The predicted octanol–water partition coefficient (Wildman–Crippen LogP) is 5.22. The summed E-state index contributed by atoms with van der Waals surface area (Å²) in [5, 5.41) is 41.0. The van der Waals surface area contributed by atoms with Crippen molar-refractivity contribution in [1.82, 2.24) is 9.55 Å². The molecular weight excluding hydrogens is 501 g/mol. The van der Waals surface area contributed by atoms with Crippen molar-refractivity contribution in [2.75, 3.05) is 6.61 Å². The van der Waals surface area contributed by atoms with E-state index in [9.17, 15) is 28.6 Å². The van der Waals surface area contributed by atoms with Gasteiger partial charge >= 0.3 is 6.18 Å². The van der Waals surface area contributed by atoms with Crippen molar-refractivity contribution >= 4 is 0 Å². The normalized spacial score (nSPS) is 23.7. The molecule has 1 saturated heterocycles. The van der Waals surface area contributed by atoms with E-state index in [0.717, 1.165) is 22.3 Å². The molecule has 2 N–H and O–H groups in total. The molecule has 5 rings (SSSR count). The molecule has 2 aromatic heterocycles. The Morgan fingerprint density at radius 1 is 1.13 bits per heavy atom.